The van der Waals surface area contributed by atoms with Gasteiger partial charge in [0.15, 0.2) is 0 Å². The maximum absolute atomic E-state index is 12.7. The Morgan fingerprint density at radius 1 is 1.21 bits per heavy atom. The minimum Gasteiger partial charge on any atom is -0.378 e. The molecule has 5 rings (SSSR count). The average molecular weight is 469 g/mol. The first-order valence-electron chi connectivity index (χ1n) is 14.0. The van der Waals surface area contributed by atoms with Crippen LogP contribution in [0.3, 0.4) is 0 Å². The number of hydrogen-bond acceptors (Lipinski definition) is 3. The summed E-state index contributed by atoms with van der Waals surface area (Å²) in [7, 11) is 0. The van der Waals surface area contributed by atoms with E-state index in [4.69, 9.17) is 10.3 Å². The van der Waals surface area contributed by atoms with Crippen molar-refractivity contribution in [3.05, 3.63) is 22.1 Å². The largest absolute Gasteiger partial charge is 0.378 e. The fraction of sp³-hybridized carbons (Fsp3) is 0.893. The van der Waals surface area contributed by atoms with E-state index in [-0.39, 0.29) is 6.04 Å². The molecule has 4 fully saturated rings. The van der Waals surface area contributed by atoms with Crippen molar-refractivity contribution in [1.29, 1.82) is 0 Å². The van der Waals surface area contributed by atoms with Gasteiger partial charge in [0.25, 0.3) is 0 Å². The molecule has 1 saturated heterocycles. The van der Waals surface area contributed by atoms with Crippen LogP contribution in [-0.2, 0) is 9.53 Å². The molecule has 1 unspecified atom stereocenters. The van der Waals surface area contributed by atoms with Crippen LogP contribution in [0.4, 0.5) is 0 Å². The SMILES string of the molecule is CC(CCC(=O)N1CCOCC1)[C@H]1CC[C@H]2[C@@H]3CC=C4C[C@H](N=[N+]=[N-])CC[C@]4(C)[C@H]3CC[C@]12C. The van der Waals surface area contributed by atoms with Gasteiger partial charge in [0, 0.05) is 30.5 Å². The molecule has 3 saturated carbocycles. The number of allylic oxidation sites excluding steroid dienone is 1. The highest BCUT2D eigenvalue weighted by Crippen LogP contribution is 2.67. The minimum atomic E-state index is 0.159. The van der Waals surface area contributed by atoms with Gasteiger partial charge >= 0.3 is 0 Å². The Kier molecular flexibility index (Phi) is 6.76. The summed E-state index contributed by atoms with van der Waals surface area (Å²) in [6, 6.07) is 0.159. The van der Waals surface area contributed by atoms with Crippen LogP contribution >= 0.6 is 0 Å². The van der Waals surface area contributed by atoms with Crippen molar-refractivity contribution in [3.8, 4) is 0 Å². The fourth-order valence-corrected chi connectivity index (χ4v) is 9.31. The van der Waals surface area contributed by atoms with Gasteiger partial charge in [0.1, 0.15) is 0 Å². The Bertz CT molecular complexity index is 860. The molecule has 8 atom stereocenters. The van der Waals surface area contributed by atoms with Crippen LogP contribution in [0.1, 0.15) is 85.0 Å². The zero-order valence-electron chi connectivity index (χ0n) is 21.5. The van der Waals surface area contributed by atoms with Gasteiger partial charge in [-0.15, -0.1) is 0 Å². The van der Waals surface area contributed by atoms with E-state index in [9.17, 15) is 4.79 Å². The lowest BCUT2D eigenvalue weighted by atomic mass is 9.47. The summed E-state index contributed by atoms with van der Waals surface area (Å²) in [5.41, 5.74) is 11.2. The van der Waals surface area contributed by atoms with Gasteiger partial charge in [0.05, 0.1) is 13.2 Å². The summed E-state index contributed by atoms with van der Waals surface area (Å²) in [6.07, 6.45) is 14.1. The molecule has 34 heavy (non-hydrogen) atoms. The number of rotatable bonds is 5. The lowest BCUT2D eigenvalue weighted by Gasteiger charge is -2.58. The highest BCUT2D eigenvalue weighted by atomic mass is 16.5. The molecular formula is C28H44N4O2. The number of morpholine rings is 1. The van der Waals surface area contributed by atoms with E-state index < -0.39 is 0 Å². The van der Waals surface area contributed by atoms with Crippen LogP contribution in [0.5, 0.6) is 0 Å². The molecule has 6 nitrogen and oxygen atoms in total. The Morgan fingerprint density at radius 3 is 2.76 bits per heavy atom. The zero-order chi connectivity index (χ0) is 23.9. The van der Waals surface area contributed by atoms with E-state index in [1.54, 1.807) is 5.57 Å². The van der Waals surface area contributed by atoms with Crippen molar-refractivity contribution in [3.63, 3.8) is 0 Å². The Labute approximate surface area is 205 Å². The molecule has 0 aromatic rings. The molecule has 5 aliphatic rings. The van der Waals surface area contributed by atoms with Crippen molar-refractivity contribution in [1.82, 2.24) is 4.90 Å². The first-order valence-corrected chi connectivity index (χ1v) is 14.0. The predicted molar refractivity (Wildman–Crippen MR) is 134 cm³/mol. The highest BCUT2D eigenvalue weighted by molar-refractivity contribution is 5.76. The molecule has 0 spiro atoms. The monoisotopic (exact) mass is 468 g/mol. The Balaban J connectivity index is 1.25. The maximum Gasteiger partial charge on any atom is 0.222 e. The third-order valence-corrected chi connectivity index (χ3v) is 11.2. The summed E-state index contributed by atoms with van der Waals surface area (Å²) >= 11 is 0. The highest BCUT2D eigenvalue weighted by Gasteiger charge is 2.59. The standard InChI is InChI=1S/C28H44N4O2/c1-19(4-9-26(33)32-14-16-34-17-15-32)23-7-8-24-22-6-5-20-18-21(30-31-29)10-12-27(20,2)25(22)11-13-28(23,24)3/h5,19,21-25H,4,6-18H2,1-3H3/t19?,21-,22+,23-,24+,25+,27+,28-/m1/s1. The number of amides is 1. The molecular weight excluding hydrogens is 424 g/mol. The molecule has 6 heteroatoms. The fourth-order valence-electron chi connectivity index (χ4n) is 9.31. The maximum atomic E-state index is 12.7. The first kappa shape index (κ1) is 24.2. The van der Waals surface area contributed by atoms with E-state index in [1.165, 1.54) is 38.5 Å². The number of carbonyl (C=O) groups excluding carboxylic acids is 1. The minimum absolute atomic E-state index is 0.159. The normalized spacial score (nSPS) is 42.5. The second-order valence-electron chi connectivity index (χ2n) is 12.6. The van der Waals surface area contributed by atoms with E-state index in [2.05, 4.69) is 36.9 Å². The summed E-state index contributed by atoms with van der Waals surface area (Å²) in [4.78, 5) is 17.8. The number of fused-ring (bicyclic) bond motifs is 5. The number of nitrogens with zero attached hydrogens (tertiary/aromatic N) is 4. The molecule has 0 bridgehead atoms. The molecule has 0 N–H and O–H groups in total. The van der Waals surface area contributed by atoms with Crippen LogP contribution < -0.4 is 0 Å². The van der Waals surface area contributed by atoms with Crippen molar-refractivity contribution < 1.29 is 9.53 Å². The van der Waals surface area contributed by atoms with Gasteiger partial charge in [0.2, 0.25) is 5.91 Å². The van der Waals surface area contributed by atoms with Crippen molar-refractivity contribution in [2.24, 2.45) is 45.5 Å². The molecule has 0 aromatic heterocycles. The van der Waals surface area contributed by atoms with Gasteiger partial charge in [-0.3, -0.25) is 4.79 Å². The summed E-state index contributed by atoms with van der Waals surface area (Å²) in [5.74, 6) is 4.09. The van der Waals surface area contributed by atoms with Crippen LogP contribution in [0.15, 0.2) is 16.8 Å². The van der Waals surface area contributed by atoms with Crippen molar-refractivity contribution >= 4 is 5.91 Å². The van der Waals surface area contributed by atoms with Gasteiger partial charge in [-0.05, 0) is 104 Å². The number of azide groups is 1. The van der Waals surface area contributed by atoms with Gasteiger partial charge in [-0.25, -0.2) is 0 Å². The second-order valence-corrected chi connectivity index (χ2v) is 12.6. The van der Waals surface area contributed by atoms with Gasteiger partial charge in [-0.2, -0.15) is 0 Å². The third-order valence-electron chi connectivity index (χ3n) is 11.2. The summed E-state index contributed by atoms with van der Waals surface area (Å²) < 4.78 is 5.41. The van der Waals surface area contributed by atoms with E-state index in [1.807, 2.05) is 4.90 Å². The van der Waals surface area contributed by atoms with Crippen LogP contribution in [-0.4, -0.2) is 43.2 Å². The summed E-state index contributed by atoms with van der Waals surface area (Å²) in [6.45, 7) is 10.5. The molecule has 1 aliphatic heterocycles. The zero-order valence-corrected chi connectivity index (χ0v) is 21.5. The second kappa shape index (κ2) is 9.50. The van der Waals surface area contributed by atoms with E-state index >= 15 is 0 Å². The van der Waals surface area contributed by atoms with E-state index in [0.29, 0.717) is 42.3 Å². The Hall–Kier alpha value is -1.52. The van der Waals surface area contributed by atoms with Crippen LogP contribution in [0, 0.1) is 40.4 Å². The Morgan fingerprint density at radius 2 is 2.00 bits per heavy atom. The number of carbonyl (C=O) groups is 1. The van der Waals surface area contributed by atoms with Crippen LogP contribution in [0.25, 0.3) is 10.4 Å². The molecule has 4 aliphatic carbocycles. The van der Waals surface area contributed by atoms with Crippen molar-refractivity contribution in [2.45, 2.75) is 91.0 Å². The van der Waals surface area contributed by atoms with Gasteiger partial charge in [-0.1, -0.05) is 37.5 Å². The molecule has 0 radical (unpaired) electrons. The lowest BCUT2D eigenvalue weighted by Crippen LogP contribution is -2.50. The third kappa shape index (κ3) is 4.09. The number of ether oxygens (including phenoxy) is 1. The lowest BCUT2D eigenvalue weighted by molar-refractivity contribution is -0.135. The topological polar surface area (TPSA) is 78.3 Å². The smallest absolute Gasteiger partial charge is 0.222 e. The van der Waals surface area contributed by atoms with Crippen LogP contribution in [0.2, 0.25) is 0 Å². The van der Waals surface area contributed by atoms with Gasteiger partial charge < -0.3 is 9.64 Å². The summed E-state index contributed by atoms with van der Waals surface area (Å²) in [5, 5.41) is 4.07. The number of hydrogen-bond donors (Lipinski definition) is 0. The molecule has 0 aromatic carbocycles. The molecule has 1 amide bonds. The average Bonchev–Trinajstić information content (AvgIpc) is 3.20. The van der Waals surface area contributed by atoms with Crippen molar-refractivity contribution in [2.75, 3.05) is 26.3 Å². The first-order chi connectivity index (χ1) is 16.4. The molecule has 1 heterocycles. The predicted octanol–water partition coefficient (Wildman–Crippen LogP) is 6.52. The quantitative estimate of drug-likeness (QED) is 0.199. The molecule has 188 valence electrons. The van der Waals surface area contributed by atoms with E-state index in [0.717, 1.165) is 56.0 Å².